The quantitative estimate of drug-likeness (QED) is 0.0572. The summed E-state index contributed by atoms with van der Waals surface area (Å²) >= 11 is 0. The van der Waals surface area contributed by atoms with E-state index in [-0.39, 0.29) is 62.9 Å². The number of aromatic hydroxyl groups is 12. The van der Waals surface area contributed by atoms with Gasteiger partial charge in [-0.2, -0.15) is 26.3 Å². The molecule has 0 aliphatic heterocycles. The van der Waals surface area contributed by atoms with Crippen molar-refractivity contribution in [2.24, 2.45) is 0 Å². The third-order valence-corrected chi connectivity index (χ3v) is 15.4. The van der Waals surface area contributed by atoms with Crippen molar-refractivity contribution in [3.63, 3.8) is 0 Å². The Balaban J connectivity index is 0.000000167. The van der Waals surface area contributed by atoms with E-state index in [2.05, 4.69) is 13.8 Å². The maximum absolute atomic E-state index is 13.6. The molecule has 0 aromatic heterocycles. The van der Waals surface area contributed by atoms with Gasteiger partial charge in [0.15, 0.2) is 0 Å². The van der Waals surface area contributed by atoms with Crippen LogP contribution < -0.4 is 0 Å². The molecular weight excluding hydrogens is 1270 g/mol. The maximum Gasteiger partial charge on any atom is 0.411 e. The zero-order valence-electron chi connectivity index (χ0n) is 52.8. The molecule has 0 heterocycles. The molecular formula is C80H70F6O12. The molecule has 0 aliphatic rings. The number of halogens is 6. The van der Waals surface area contributed by atoms with Crippen LogP contribution in [0, 0.1) is 0 Å². The van der Waals surface area contributed by atoms with Gasteiger partial charge in [-0.3, -0.25) is 0 Å². The van der Waals surface area contributed by atoms with Crippen LogP contribution in [-0.4, -0.2) is 73.6 Å². The Kier molecular flexibility index (Phi) is 24.9. The molecule has 12 aromatic carbocycles. The van der Waals surface area contributed by atoms with Gasteiger partial charge in [-0.25, -0.2) is 0 Å². The van der Waals surface area contributed by atoms with Gasteiger partial charge in [-0.05, 0) is 183 Å². The SMILES string of the molecule is CC(C)(c1ccc(O)cc1)c1ccc(O)cc1.Oc1ccc(-c2ccc(O)cc2)cc1.Oc1ccc(C(c2ccc(O)cc2)(C(F)(F)F)C(F)(F)F)cc1.Oc1ccc(Cc2ccc(O)cc2)cc1.Oc1ccccc1-c1ccccc1O.Oc1ccccc1Cc1ccccc1O. The number of phenolic OH excluding ortho intramolecular Hbond substituents is 12. The molecule has 0 atom stereocenters. The van der Waals surface area contributed by atoms with Crippen molar-refractivity contribution in [1.29, 1.82) is 0 Å². The van der Waals surface area contributed by atoms with Gasteiger partial charge in [0.1, 0.15) is 69.0 Å². The largest absolute Gasteiger partial charge is 0.508 e. The van der Waals surface area contributed by atoms with Gasteiger partial charge in [-0.15, -0.1) is 0 Å². The van der Waals surface area contributed by atoms with Crippen LogP contribution in [0.4, 0.5) is 26.3 Å². The van der Waals surface area contributed by atoms with Crippen LogP contribution in [0.15, 0.2) is 291 Å². The Morgan fingerprint density at radius 3 is 0.714 bits per heavy atom. The predicted molar refractivity (Wildman–Crippen MR) is 366 cm³/mol. The van der Waals surface area contributed by atoms with E-state index in [9.17, 15) is 57.0 Å². The third kappa shape index (κ3) is 19.9. The van der Waals surface area contributed by atoms with Gasteiger partial charge in [0, 0.05) is 23.0 Å². The minimum absolute atomic E-state index is 0.151. The molecule has 0 amide bonds. The van der Waals surface area contributed by atoms with Crippen LogP contribution in [0.2, 0.25) is 0 Å². The lowest BCUT2D eigenvalue weighted by Gasteiger charge is -2.38. The normalized spacial score (nSPS) is 11.0. The summed E-state index contributed by atoms with van der Waals surface area (Å²) in [6, 6.07) is 76.1. The summed E-state index contributed by atoms with van der Waals surface area (Å²) in [7, 11) is 0. The molecule has 18 heteroatoms. The van der Waals surface area contributed by atoms with Crippen molar-refractivity contribution in [2.75, 3.05) is 0 Å². The average Bonchev–Trinajstić information content (AvgIpc) is 0.718. The van der Waals surface area contributed by atoms with Crippen molar-refractivity contribution in [3.05, 3.63) is 336 Å². The van der Waals surface area contributed by atoms with Crippen molar-refractivity contribution in [1.82, 2.24) is 0 Å². The summed E-state index contributed by atoms with van der Waals surface area (Å²) in [5, 5.41) is 112. The molecule has 12 rings (SSSR count). The number of alkyl halides is 6. The van der Waals surface area contributed by atoms with E-state index in [0.29, 0.717) is 41.8 Å². The number of benzene rings is 12. The van der Waals surface area contributed by atoms with Crippen LogP contribution >= 0.6 is 0 Å². The smallest absolute Gasteiger partial charge is 0.411 e. The highest BCUT2D eigenvalue weighted by atomic mass is 19.4. The molecule has 12 aromatic rings. The fourth-order valence-corrected chi connectivity index (χ4v) is 10.0. The summed E-state index contributed by atoms with van der Waals surface area (Å²) in [6.45, 7) is 4.23. The highest BCUT2D eigenvalue weighted by Crippen LogP contribution is 2.56. The van der Waals surface area contributed by atoms with Gasteiger partial charge in [0.25, 0.3) is 0 Å². The number of hydrogen-bond donors (Lipinski definition) is 12. The fraction of sp³-hybridized carbons (Fsp3) is 0.100. The molecule has 0 bridgehead atoms. The molecule has 0 spiro atoms. The number of hydrogen-bond acceptors (Lipinski definition) is 12. The zero-order valence-corrected chi connectivity index (χ0v) is 52.8. The first-order chi connectivity index (χ1) is 46.5. The second kappa shape index (κ2) is 33.3. The molecule has 12 N–H and O–H groups in total. The highest BCUT2D eigenvalue weighted by molar-refractivity contribution is 5.75. The van der Waals surface area contributed by atoms with Crippen LogP contribution in [0.25, 0.3) is 22.3 Å². The monoisotopic (exact) mass is 1340 g/mol. The van der Waals surface area contributed by atoms with E-state index in [0.717, 1.165) is 75.2 Å². The molecule has 0 unspecified atom stereocenters. The standard InChI is InChI=1S/C15H10F6O2.C15H16O2.2C13H12O2.2C12H10O2/c16-14(17,18)13(15(19,20)21,9-1-5-11(22)6-2-9)10-3-7-12(23)8-4-10;1-15(2,11-3-7-13(16)8-4-11)12-5-9-14(17)10-6-12;14-12-5-1-10(2-6-12)9-11-3-7-13(15)8-4-11;14-12-7-3-1-5-10(12)9-11-6-2-4-8-13(11)15;13-11-5-1-9(2-6-11)10-3-7-12(14)8-4-10;13-11-7-3-1-5-9(11)10-6-2-4-8-12(10)14/h1-8,22-23H;3-10,16-17H,1-2H3;2*1-8,14-15H,9H2;2*1-8,13-14H. The molecule has 0 radical (unpaired) electrons. The van der Waals surface area contributed by atoms with E-state index >= 15 is 0 Å². The number of rotatable bonds is 10. The lowest BCUT2D eigenvalue weighted by Crippen LogP contribution is -2.54. The summed E-state index contributed by atoms with van der Waals surface area (Å²) in [5.41, 5.74) is 2.89. The molecule has 0 saturated carbocycles. The van der Waals surface area contributed by atoms with Gasteiger partial charge in [0.2, 0.25) is 5.41 Å². The average molecular weight is 1340 g/mol. The first kappa shape index (κ1) is 73.2. The van der Waals surface area contributed by atoms with Crippen LogP contribution in [-0.2, 0) is 23.7 Å². The van der Waals surface area contributed by atoms with Crippen molar-refractivity contribution in [2.45, 2.75) is 49.9 Å². The van der Waals surface area contributed by atoms with Crippen molar-refractivity contribution >= 4 is 0 Å². The van der Waals surface area contributed by atoms with Crippen LogP contribution in [0.1, 0.15) is 58.4 Å². The van der Waals surface area contributed by atoms with Gasteiger partial charge >= 0.3 is 12.4 Å². The third-order valence-electron chi connectivity index (χ3n) is 15.4. The topological polar surface area (TPSA) is 243 Å². The summed E-state index contributed by atoms with van der Waals surface area (Å²) in [6.07, 6.45) is -10.0. The number of para-hydroxylation sites is 4. The lowest BCUT2D eigenvalue weighted by molar-refractivity contribution is -0.288. The Labute approximate surface area is 562 Å². The molecule has 12 nitrogen and oxygen atoms in total. The maximum atomic E-state index is 13.6. The van der Waals surface area contributed by atoms with E-state index < -0.39 is 40.4 Å². The van der Waals surface area contributed by atoms with Gasteiger partial charge in [0.05, 0.1) is 0 Å². The molecule has 504 valence electrons. The Bertz CT molecular complexity index is 4130. The molecule has 0 fully saturated rings. The predicted octanol–water partition coefficient (Wildman–Crippen LogP) is 18.8. The van der Waals surface area contributed by atoms with Crippen molar-refractivity contribution in [3.8, 4) is 91.2 Å². The van der Waals surface area contributed by atoms with Gasteiger partial charge in [-0.1, -0.05) is 184 Å². The van der Waals surface area contributed by atoms with Crippen LogP contribution in [0.5, 0.6) is 69.0 Å². The molecule has 0 aliphatic carbocycles. The van der Waals surface area contributed by atoms with Crippen molar-refractivity contribution < 1.29 is 87.6 Å². The lowest BCUT2D eigenvalue weighted by atomic mass is 9.73. The summed E-state index contributed by atoms with van der Waals surface area (Å²) in [4.78, 5) is 0. The Morgan fingerprint density at radius 1 is 0.235 bits per heavy atom. The highest BCUT2D eigenvalue weighted by Gasteiger charge is 2.72. The fourth-order valence-electron chi connectivity index (χ4n) is 10.0. The van der Waals surface area contributed by atoms with E-state index in [1.807, 2.05) is 109 Å². The second-order valence-corrected chi connectivity index (χ2v) is 22.6. The van der Waals surface area contributed by atoms with E-state index in [1.54, 1.807) is 133 Å². The van der Waals surface area contributed by atoms with Crippen LogP contribution in [0.3, 0.4) is 0 Å². The van der Waals surface area contributed by atoms with E-state index in [1.165, 1.54) is 0 Å². The molecule has 98 heavy (non-hydrogen) atoms. The zero-order chi connectivity index (χ0) is 71.2. The molecule has 0 saturated heterocycles. The minimum atomic E-state index is -5.70. The summed E-state index contributed by atoms with van der Waals surface area (Å²) < 4.78 is 81.6. The van der Waals surface area contributed by atoms with Gasteiger partial charge < -0.3 is 61.3 Å². The minimum Gasteiger partial charge on any atom is -0.508 e. The Hall–Kier alpha value is -12.2. The van der Waals surface area contributed by atoms with E-state index in [4.69, 9.17) is 30.6 Å². The first-order valence-corrected chi connectivity index (χ1v) is 30.1. The first-order valence-electron chi connectivity index (χ1n) is 30.1. The second-order valence-electron chi connectivity index (χ2n) is 22.6. The number of phenols is 12. The summed E-state index contributed by atoms with van der Waals surface area (Å²) in [5.74, 6) is 1.58. The Morgan fingerprint density at radius 2 is 0.459 bits per heavy atom.